The third-order valence-corrected chi connectivity index (χ3v) is 10.8. The summed E-state index contributed by atoms with van der Waals surface area (Å²) in [5, 5.41) is 38.6. The van der Waals surface area contributed by atoms with Crippen molar-refractivity contribution in [3.63, 3.8) is 0 Å². The van der Waals surface area contributed by atoms with Gasteiger partial charge in [0.1, 0.15) is 17.4 Å². The van der Waals surface area contributed by atoms with Gasteiger partial charge < -0.3 is 26.0 Å². The first-order valence-corrected chi connectivity index (χ1v) is 14.0. The standard InChI is InChI=1S/C29H38N2O6/c1-3-13-10-14-11-19-15-4-7-18-17(6-5-16(15)25(33)22(19)21(14)12(13)2)26(34)23-27(35)24(31-29(23)37)20(32)8-9-30-28(18)36/h4-7,12-22,24-25,32-34H,3,8-11H2,1-2H3,(H,30,36)(H,31,37)/b6-5-,7-4-,26-23-/t12-,13-,14+,15-,16+,17-,18+,19+,20-,21+,22+,24-,25-/m0/s1. The molecule has 8 nitrogen and oxygen atoms in total. The summed E-state index contributed by atoms with van der Waals surface area (Å²) in [6, 6.07) is -1.14. The quantitative estimate of drug-likeness (QED) is 0.269. The van der Waals surface area contributed by atoms with Crippen LogP contribution >= 0.6 is 0 Å². The Morgan fingerprint density at radius 2 is 1.70 bits per heavy atom. The highest BCUT2D eigenvalue weighted by Gasteiger charge is 2.61. The fraction of sp³-hybridized carbons (Fsp3) is 0.690. The minimum atomic E-state index is -1.17. The van der Waals surface area contributed by atoms with Crippen LogP contribution < -0.4 is 10.6 Å². The van der Waals surface area contributed by atoms with E-state index < -0.39 is 47.5 Å². The van der Waals surface area contributed by atoms with Crippen LogP contribution in [0.15, 0.2) is 35.6 Å². The minimum Gasteiger partial charge on any atom is -0.511 e. The molecule has 0 spiro atoms. The number of amides is 2. The lowest BCUT2D eigenvalue weighted by atomic mass is 9.78. The molecule has 2 amide bonds. The van der Waals surface area contributed by atoms with Crippen molar-refractivity contribution in [3.05, 3.63) is 35.6 Å². The first-order chi connectivity index (χ1) is 17.7. The van der Waals surface area contributed by atoms with Crippen LogP contribution in [-0.4, -0.2) is 57.7 Å². The van der Waals surface area contributed by atoms with Crippen molar-refractivity contribution in [1.82, 2.24) is 10.6 Å². The lowest BCUT2D eigenvalue weighted by Crippen LogP contribution is -2.43. The Balaban J connectivity index is 1.37. The van der Waals surface area contributed by atoms with Gasteiger partial charge in [0, 0.05) is 12.5 Å². The van der Waals surface area contributed by atoms with Crippen LogP contribution in [0.1, 0.15) is 39.5 Å². The second-order valence-corrected chi connectivity index (χ2v) is 12.3. The van der Waals surface area contributed by atoms with Gasteiger partial charge in [-0.15, -0.1) is 0 Å². The molecule has 0 unspecified atom stereocenters. The van der Waals surface area contributed by atoms with Gasteiger partial charge in [-0.05, 0) is 60.7 Å². The van der Waals surface area contributed by atoms with Crippen molar-refractivity contribution in [2.75, 3.05) is 6.54 Å². The first kappa shape index (κ1) is 24.9. The Kier molecular flexibility index (Phi) is 6.10. The summed E-state index contributed by atoms with van der Waals surface area (Å²) in [5.41, 5.74) is -0.388. The highest BCUT2D eigenvalue weighted by molar-refractivity contribution is 6.27. The van der Waals surface area contributed by atoms with Crippen LogP contribution in [0, 0.1) is 59.2 Å². The molecular weight excluding hydrogens is 472 g/mol. The van der Waals surface area contributed by atoms with Crippen molar-refractivity contribution in [3.8, 4) is 0 Å². The Morgan fingerprint density at radius 1 is 0.973 bits per heavy atom. The number of ketones is 1. The fourth-order valence-corrected chi connectivity index (χ4v) is 9.03. The number of hydrogen-bond acceptors (Lipinski definition) is 6. The van der Waals surface area contributed by atoms with Crippen LogP contribution in [-0.2, 0) is 14.4 Å². The molecule has 4 aliphatic carbocycles. The molecule has 1 saturated heterocycles. The molecule has 6 rings (SSSR count). The number of rotatable bonds is 1. The van der Waals surface area contributed by atoms with E-state index in [0.717, 1.165) is 6.42 Å². The number of carbonyl (C=O) groups is 3. The van der Waals surface area contributed by atoms with E-state index in [1.165, 1.54) is 12.8 Å². The molecule has 8 heteroatoms. The third kappa shape index (κ3) is 3.66. The van der Waals surface area contributed by atoms with E-state index in [4.69, 9.17) is 0 Å². The van der Waals surface area contributed by atoms with Gasteiger partial charge in [0.2, 0.25) is 5.91 Å². The molecule has 2 heterocycles. The van der Waals surface area contributed by atoms with Crippen molar-refractivity contribution in [2.45, 2.75) is 57.8 Å². The van der Waals surface area contributed by atoms with Gasteiger partial charge in [0.15, 0.2) is 5.78 Å². The van der Waals surface area contributed by atoms with E-state index in [1.807, 2.05) is 18.2 Å². The lowest BCUT2D eigenvalue weighted by Gasteiger charge is -2.29. The number of fused-ring (bicyclic) bond motifs is 8. The molecule has 13 atom stereocenters. The van der Waals surface area contributed by atoms with Crippen LogP contribution in [0.3, 0.4) is 0 Å². The van der Waals surface area contributed by atoms with Crippen LogP contribution in [0.4, 0.5) is 0 Å². The largest absolute Gasteiger partial charge is 0.511 e. The van der Waals surface area contributed by atoms with Gasteiger partial charge >= 0.3 is 0 Å². The average Bonchev–Trinajstić information content (AvgIpc) is 3.52. The van der Waals surface area contributed by atoms with Gasteiger partial charge in [0.05, 0.1) is 24.0 Å². The maximum atomic E-state index is 13.3. The zero-order valence-corrected chi connectivity index (χ0v) is 21.4. The molecule has 37 heavy (non-hydrogen) atoms. The Bertz CT molecular complexity index is 1100. The van der Waals surface area contributed by atoms with Gasteiger partial charge in [-0.25, -0.2) is 0 Å². The van der Waals surface area contributed by atoms with E-state index in [0.29, 0.717) is 29.6 Å². The summed E-state index contributed by atoms with van der Waals surface area (Å²) in [6.07, 6.45) is 9.41. The normalized spacial score (nSPS) is 52.5. The smallest absolute Gasteiger partial charge is 0.259 e. The second kappa shape index (κ2) is 9.09. The molecule has 2 aliphatic heterocycles. The molecule has 0 aromatic rings. The van der Waals surface area contributed by atoms with Crippen molar-refractivity contribution in [2.24, 2.45) is 59.2 Å². The Hall–Kier alpha value is -2.45. The van der Waals surface area contributed by atoms with Crippen LogP contribution in [0.5, 0.6) is 0 Å². The molecule has 0 aromatic carbocycles. The SMILES string of the molecule is CC[C@H]1C[C@@H]2C[C@@H]3[C@H]4/C=C\[C@H]5C(=O)NCC[C@H](O)[C@@H]6NC(=O)/C(=C(\O)[C@H]5/C=C\[C@H]4[C@H](O)[C@H]3[C@@H]2[C@H]1C)C6=O. The second-order valence-electron chi connectivity index (χ2n) is 12.3. The summed E-state index contributed by atoms with van der Waals surface area (Å²) in [4.78, 5) is 38.9. The molecule has 0 aromatic heterocycles. The number of aliphatic hydroxyl groups excluding tert-OH is 3. The lowest BCUT2D eigenvalue weighted by molar-refractivity contribution is -0.125. The summed E-state index contributed by atoms with van der Waals surface area (Å²) in [6.45, 7) is 4.75. The minimum absolute atomic E-state index is 0.0958. The number of carbonyl (C=O) groups excluding carboxylic acids is 3. The molecule has 4 fully saturated rings. The molecule has 0 radical (unpaired) electrons. The first-order valence-electron chi connectivity index (χ1n) is 14.0. The molecule has 200 valence electrons. The average molecular weight is 511 g/mol. The fourth-order valence-electron chi connectivity index (χ4n) is 9.03. The highest BCUT2D eigenvalue weighted by atomic mass is 16.3. The monoisotopic (exact) mass is 510 g/mol. The maximum Gasteiger partial charge on any atom is 0.259 e. The van der Waals surface area contributed by atoms with Gasteiger partial charge in [-0.2, -0.15) is 0 Å². The van der Waals surface area contributed by atoms with E-state index >= 15 is 0 Å². The third-order valence-electron chi connectivity index (χ3n) is 10.8. The molecular formula is C29H38N2O6. The zero-order valence-electron chi connectivity index (χ0n) is 21.4. The van der Waals surface area contributed by atoms with Crippen molar-refractivity contribution < 1.29 is 29.7 Å². The summed E-state index contributed by atoms with van der Waals surface area (Å²) in [5.74, 6) is -0.963. The van der Waals surface area contributed by atoms with E-state index in [2.05, 4.69) is 24.5 Å². The van der Waals surface area contributed by atoms with Gasteiger partial charge in [0.25, 0.3) is 5.91 Å². The van der Waals surface area contributed by atoms with Gasteiger partial charge in [-0.1, -0.05) is 44.6 Å². The number of hydrogen-bond donors (Lipinski definition) is 5. The van der Waals surface area contributed by atoms with E-state index in [1.54, 1.807) is 6.08 Å². The zero-order chi connectivity index (χ0) is 26.2. The van der Waals surface area contributed by atoms with Crippen LogP contribution in [0.2, 0.25) is 0 Å². The predicted octanol–water partition coefficient (Wildman–Crippen LogP) is 1.65. The molecule has 5 N–H and O–H groups in total. The summed E-state index contributed by atoms with van der Waals surface area (Å²) in [7, 11) is 0. The molecule has 6 aliphatic rings. The topological polar surface area (TPSA) is 136 Å². The maximum absolute atomic E-state index is 13.3. The summed E-state index contributed by atoms with van der Waals surface area (Å²) < 4.78 is 0. The predicted molar refractivity (Wildman–Crippen MR) is 135 cm³/mol. The van der Waals surface area contributed by atoms with Crippen LogP contribution in [0.25, 0.3) is 0 Å². The highest BCUT2D eigenvalue weighted by Crippen LogP contribution is 2.64. The van der Waals surface area contributed by atoms with Crippen molar-refractivity contribution in [1.29, 1.82) is 0 Å². The molecule has 2 bridgehead atoms. The Labute approximate surface area is 217 Å². The number of allylic oxidation sites excluding steroid dienone is 2. The van der Waals surface area contributed by atoms with E-state index in [9.17, 15) is 29.7 Å². The van der Waals surface area contributed by atoms with E-state index in [-0.39, 0.29) is 42.2 Å². The number of Topliss-reactive ketones (excluding diaryl/α,β-unsaturated/α-hetero) is 1. The Morgan fingerprint density at radius 3 is 2.46 bits per heavy atom. The number of aliphatic hydroxyl groups is 3. The number of nitrogens with one attached hydrogen (secondary N) is 2. The van der Waals surface area contributed by atoms with Crippen molar-refractivity contribution >= 4 is 17.6 Å². The molecule has 3 saturated carbocycles. The summed E-state index contributed by atoms with van der Waals surface area (Å²) >= 11 is 0. The van der Waals surface area contributed by atoms with Gasteiger partial charge in [-0.3, -0.25) is 14.4 Å².